The van der Waals surface area contributed by atoms with E-state index in [0.717, 1.165) is 12.0 Å². The van der Waals surface area contributed by atoms with E-state index in [1.165, 1.54) is 44.9 Å². The van der Waals surface area contributed by atoms with Crippen molar-refractivity contribution in [2.45, 2.75) is 72.1 Å². The van der Waals surface area contributed by atoms with Gasteiger partial charge in [0.1, 0.15) is 0 Å². The zero-order valence-corrected chi connectivity index (χ0v) is 15.6. The molecule has 1 N–H and O–H groups in total. The molecule has 0 aliphatic heterocycles. The number of aliphatic carboxylic acids is 1. The standard InChI is InChI=1S/C22H34O2/c1-4-5-6-7-8-9-10-11-12-13-14-15-16-17-18-19-20(2)21(3)22(23)24/h12-19H,4-11H2,1-3H3,(H,23,24). The SMILES string of the molecule is CCCCCCCCCC=CC=CC=CC=CC(C)=C(C)C(=O)O. The van der Waals surface area contributed by atoms with Gasteiger partial charge in [-0.1, -0.05) is 94.1 Å². The molecule has 0 atom stereocenters. The summed E-state index contributed by atoms with van der Waals surface area (Å²) in [6.45, 7) is 5.67. The number of unbranched alkanes of at least 4 members (excludes halogenated alkanes) is 7. The van der Waals surface area contributed by atoms with Crippen molar-refractivity contribution in [2.24, 2.45) is 0 Å². The minimum Gasteiger partial charge on any atom is -0.478 e. The summed E-state index contributed by atoms with van der Waals surface area (Å²) in [5, 5.41) is 8.85. The fourth-order valence-electron chi connectivity index (χ4n) is 2.14. The normalized spacial score (nSPS) is 13.6. The Bertz CT molecular complexity index is 476. The molecule has 0 radical (unpaired) electrons. The van der Waals surface area contributed by atoms with Crippen LogP contribution in [0.2, 0.25) is 0 Å². The molecule has 0 fully saturated rings. The number of carboxylic acids is 1. The fraction of sp³-hybridized carbons (Fsp3) is 0.500. The minimum absolute atomic E-state index is 0.378. The highest BCUT2D eigenvalue weighted by Crippen LogP contribution is 2.08. The summed E-state index contributed by atoms with van der Waals surface area (Å²) in [7, 11) is 0. The summed E-state index contributed by atoms with van der Waals surface area (Å²) >= 11 is 0. The van der Waals surface area contributed by atoms with Gasteiger partial charge in [-0.25, -0.2) is 4.79 Å². The first-order chi connectivity index (χ1) is 11.6. The van der Waals surface area contributed by atoms with Gasteiger partial charge in [0.05, 0.1) is 0 Å². The lowest BCUT2D eigenvalue weighted by molar-refractivity contribution is -0.132. The van der Waals surface area contributed by atoms with Crippen LogP contribution in [0.15, 0.2) is 59.8 Å². The second-order valence-electron chi connectivity index (χ2n) is 6.08. The summed E-state index contributed by atoms with van der Waals surface area (Å²) < 4.78 is 0. The van der Waals surface area contributed by atoms with E-state index < -0.39 is 5.97 Å². The molecule has 0 unspecified atom stereocenters. The van der Waals surface area contributed by atoms with Crippen LogP contribution in [0.5, 0.6) is 0 Å². The van der Waals surface area contributed by atoms with Crippen molar-refractivity contribution in [1.29, 1.82) is 0 Å². The summed E-state index contributed by atoms with van der Waals surface area (Å²) in [4.78, 5) is 10.8. The Balaban J connectivity index is 3.77. The Morgan fingerprint density at radius 1 is 0.792 bits per heavy atom. The van der Waals surface area contributed by atoms with Gasteiger partial charge in [-0.2, -0.15) is 0 Å². The van der Waals surface area contributed by atoms with Crippen molar-refractivity contribution in [3.63, 3.8) is 0 Å². The van der Waals surface area contributed by atoms with E-state index in [9.17, 15) is 4.79 Å². The van der Waals surface area contributed by atoms with E-state index in [1.54, 1.807) is 13.8 Å². The zero-order valence-electron chi connectivity index (χ0n) is 15.6. The lowest BCUT2D eigenvalue weighted by atomic mass is 10.1. The Hall–Kier alpha value is -1.83. The number of rotatable bonds is 13. The van der Waals surface area contributed by atoms with Gasteiger partial charge < -0.3 is 5.11 Å². The molecule has 0 aromatic rings. The van der Waals surface area contributed by atoms with E-state index in [4.69, 9.17) is 5.11 Å². The van der Waals surface area contributed by atoms with E-state index in [-0.39, 0.29) is 0 Å². The third-order valence-corrected chi connectivity index (χ3v) is 3.92. The van der Waals surface area contributed by atoms with E-state index in [0.29, 0.717) is 5.57 Å². The van der Waals surface area contributed by atoms with Crippen molar-refractivity contribution in [3.05, 3.63) is 59.8 Å². The number of hydrogen-bond donors (Lipinski definition) is 1. The topological polar surface area (TPSA) is 37.3 Å². The molecule has 0 aromatic carbocycles. The maximum Gasteiger partial charge on any atom is 0.331 e. The first kappa shape index (κ1) is 22.2. The van der Waals surface area contributed by atoms with Crippen LogP contribution < -0.4 is 0 Å². The first-order valence-corrected chi connectivity index (χ1v) is 9.17. The van der Waals surface area contributed by atoms with Crippen LogP contribution in [0.3, 0.4) is 0 Å². The molecule has 24 heavy (non-hydrogen) atoms. The second kappa shape index (κ2) is 16.0. The van der Waals surface area contributed by atoms with Crippen molar-refractivity contribution in [2.75, 3.05) is 0 Å². The number of hydrogen-bond acceptors (Lipinski definition) is 1. The first-order valence-electron chi connectivity index (χ1n) is 9.17. The largest absolute Gasteiger partial charge is 0.478 e. The molecule has 0 amide bonds. The number of carbonyl (C=O) groups is 1. The minimum atomic E-state index is -0.868. The Morgan fingerprint density at radius 3 is 1.96 bits per heavy atom. The lowest BCUT2D eigenvalue weighted by Crippen LogP contribution is -1.97. The molecule has 0 aliphatic rings. The molecule has 0 saturated heterocycles. The molecule has 0 spiro atoms. The molecule has 0 rings (SSSR count). The van der Waals surface area contributed by atoms with Gasteiger partial charge in [-0.3, -0.25) is 0 Å². The van der Waals surface area contributed by atoms with Gasteiger partial charge in [-0.05, 0) is 32.3 Å². The van der Waals surface area contributed by atoms with Gasteiger partial charge in [0.25, 0.3) is 0 Å². The third kappa shape index (κ3) is 13.8. The molecular formula is C22H34O2. The molecule has 0 aliphatic carbocycles. The second-order valence-corrected chi connectivity index (χ2v) is 6.08. The molecular weight excluding hydrogens is 296 g/mol. The summed E-state index contributed by atoms with van der Waals surface area (Å²) in [5.74, 6) is -0.868. The van der Waals surface area contributed by atoms with Crippen molar-refractivity contribution in [1.82, 2.24) is 0 Å². The average Bonchev–Trinajstić information content (AvgIpc) is 2.57. The smallest absolute Gasteiger partial charge is 0.331 e. The summed E-state index contributed by atoms with van der Waals surface area (Å²) in [6.07, 6.45) is 26.4. The van der Waals surface area contributed by atoms with E-state index >= 15 is 0 Å². The highest BCUT2D eigenvalue weighted by Gasteiger charge is 2.01. The van der Waals surface area contributed by atoms with Gasteiger partial charge in [0.15, 0.2) is 0 Å². The maximum absolute atomic E-state index is 10.8. The molecule has 0 bridgehead atoms. The summed E-state index contributed by atoms with van der Waals surface area (Å²) in [5.41, 5.74) is 1.15. The van der Waals surface area contributed by atoms with Crippen LogP contribution in [-0.4, -0.2) is 11.1 Å². The molecule has 0 saturated carbocycles. The molecule has 134 valence electrons. The van der Waals surface area contributed by atoms with Crippen LogP contribution in [0.25, 0.3) is 0 Å². The zero-order chi connectivity index (χ0) is 18.0. The lowest BCUT2D eigenvalue weighted by Gasteiger charge is -1.98. The average molecular weight is 331 g/mol. The molecule has 0 heterocycles. The molecule has 0 aromatic heterocycles. The Morgan fingerprint density at radius 2 is 1.33 bits per heavy atom. The number of carboxylic acid groups (broad SMARTS) is 1. The van der Waals surface area contributed by atoms with Gasteiger partial charge >= 0.3 is 5.97 Å². The van der Waals surface area contributed by atoms with Crippen LogP contribution >= 0.6 is 0 Å². The quantitative estimate of drug-likeness (QED) is 0.230. The van der Waals surface area contributed by atoms with Crippen molar-refractivity contribution < 1.29 is 9.90 Å². The predicted octanol–water partition coefficient (Wildman–Crippen LogP) is 6.77. The van der Waals surface area contributed by atoms with Crippen molar-refractivity contribution >= 4 is 5.97 Å². The van der Waals surface area contributed by atoms with Crippen LogP contribution in [0.1, 0.15) is 72.1 Å². The van der Waals surface area contributed by atoms with Gasteiger partial charge in [0.2, 0.25) is 0 Å². The monoisotopic (exact) mass is 330 g/mol. The maximum atomic E-state index is 10.8. The van der Waals surface area contributed by atoms with Gasteiger partial charge in [0, 0.05) is 5.57 Å². The Labute approximate surface area is 148 Å². The highest BCUT2D eigenvalue weighted by molar-refractivity contribution is 5.87. The predicted molar refractivity (Wildman–Crippen MR) is 105 cm³/mol. The van der Waals surface area contributed by atoms with E-state index in [2.05, 4.69) is 19.1 Å². The number of allylic oxidation sites excluding steroid dienone is 9. The molecule has 2 nitrogen and oxygen atoms in total. The van der Waals surface area contributed by atoms with E-state index in [1.807, 2.05) is 36.5 Å². The van der Waals surface area contributed by atoms with Crippen LogP contribution in [0, 0.1) is 0 Å². The fourth-order valence-corrected chi connectivity index (χ4v) is 2.14. The Kier molecular flexibility index (Phi) is 14.8. The van der Waals surface area contributed by atoms with Crippen LogP contribution in [-0.2, 0) is 4.79 Å². The van der Waals surface area contributed by atoms with Crippen molar-refractivity contribution in [3.8, 4) is 0 Å². The third-order valence-electron chi connectivity index (χ3n) is 3.92. The van der Waals surface area contributed by atoms with Crippen LogP contribution in [0.4, 0.5) is 0 Å². The van der Waals surface area contributed by atoms with Gasteiger partial charge in [-0.15, -0.1) is 0 Å². The highest BCUT2D eigenvalue weighted by atomic mass is 16.4. The molecule has 2 heteroatoms. The summed E-state index contributed by atoms with van der Waals surface area (Å²) in [6, 6.07) is 0.